The van der Waals surface area contributed by atoms with Gasteiger partial charge in [0.15, 0.2) is 6.04 Å². The summed E-state index contributed by atoms with van der Waals surface area (Å²) < 4.78 is 4.99. The maximum Gasteiger partial charge on any atom is 0.332 e. The number of nitrogens with one attached hydrogen (secondary N) is 1. The second-order valence-electron chi connectivity index (χ2n) is 4.95. The summed E-state index contributed by atoms with van der Waals surface area (Å²) in [6.45, 7) is 3.59. The van der Waals surface area contributed by atoms with E-state index in [1.165, 1.54) is 11.2 Å². The molecule has 1 atom stereocenters. The van der Waals surface area contributed by atoms with Crippen molar-refractivity contribution in [3.8, 4) is 0 Å². The van der Waals surface area contributed by atoms with Gasteiger partial charge in [-0.25, -0.2) is 9.78 Å². The number of imidazole rings is 1. The number of nitrogens with zero attached hydrogens (tertiary/aromatic N) is 3. The highest BCUT2D eigenvalue weighted by atomic mass is 16.5. The Bertz CT molecular complexity index is 698. The van der Waals surface area contributed by atoms with Crippen LogP contribution in [-0.2, 0) is 11.2 Å². The van der Waals surface area contributed by atoms with Gasteiger partial charge in [-0.15, -0.1) is 0 Å². The van der Waals surface area contributed by atoms with Crippen LogP contribution in [0.5, 0.6) is 0 Å². The number of carbonyl (C=O) groups excluding carboxylic acids is 1. The first-order valence-electron chi connectivity index (χ1n) is 6.49. The predicted octanol–water partition coefficient (Wildman–Crippen LogP) is 0.839. The molecule has 0 radical (unpaired) electrons. The molecule has 0 unspecified atom stereocenters. The van der Waals surface area contributed by atoms with Crippen LogP contribution in [-0.4, -0.2) is 43.6 Å². The lowest BCUT2D eigenvalue weighted by Crippen LogP contribution is -2.44. The molecule has 2 aromatic rings. The first-order valence-corrected chi connectivity index (χ1v) is 6.49. The van der Waals surface area contributed by atoms with Gasteiger partial charge in [0.1, 0.15) is 11.3 Å². The van der Waals surface area contributed by atoms with Crippen LogP contribution in [0.25, 0.3) is 0 Å². The third kappa shape index (κ3) is 1.99. The largest absolute Gasteiger partial charge is 0.479 e. The van der Waals surface area contributed by atoms with Crippen LogP contribution < -0.4 is 0 Å². The number of aromatic amines is 1. The summed E-state index contributed by atoms with van der Waals surface area (Å²) in [7, 11) is 0. The standard InChI is InChI=1S/C13H14N4O4/c1-6-9(7(2)21-16-6)12(18)17-4-3-8-10(15-5-14-8)11(17)13(19)20/h5,11H,3-4H2,1-2H3,(H,14,15)(H,19,20)/t11-/m1/s1. The fourth-order valence-corrected chi connectivity index (χ4v) is 2.68. The molecule has 21 heavy (non-hydrogen) atoms. The number of rotatable bonds is 2. The molecular formula is C13H14N4O4. The molecule has 1 amide bonds. The summed E-state index contributed by atoms with van der Waals surface area (Å²) in [5.41, 5.74) is 1.91. The summed E-state index contributed by atoms with van der Waals surface area (Å²) in [6, 6.07) is -1.10. The van der Waals surface area contributed by atoms with Crippen molar-refractivity contribution in [2.75, 3.05) is 6.54 Å². The van der Waals surface area contributed by atoms with Crippen LogP contribution in [0.15, 0.2) is 10.9 Å². The molecule has 1 aliphatic rings. The predicted molar refractivity (Wildman–Crippen MR) is 69.7 cm³/mol. The van der Waals surface area contributed by atoms with Crippen molar-refractivity contribution >= 4 is 11.9 Å². The fourth-order valence-electron chi connectivity index (χ4n) is 2.68. The average Bonchev–Trinajstić information content (AvgIpc) is 3.03. The van der Waals surface area contributed by atoms with Crippen molar-refractivity contribution in [1.29, 1.82) is 0 Å². The molecule has 1 aliphatic heterocycles. The molecular weight excluding hydrogens is 276 g/mol. The Morgan fingerprint density at radius 3 is 2.86 bits per heavy atom. The molecule has 0 spiro atoms. The van der Waals surface area contributed by atoms with Gasteiger partial charge >= 0.3 is 5.97 Å². The second-order valence-corrected chi connectivity index (χ2v) is 4.95. The van der Waals surface area contributed by atoms with Crippen LogP contribution in [0.1, 0.15) is 39.2 Å². The van der Waals surface area contributed by atoms with Crippen LogP contribution in [0, 0.1) is 13.8 Å². The zero-order valence-corrected chi connectivity index (χ0v) is 11.6. The van der Waals surface area contributed by atoms with Gasteiger partial charge < -0.3 is 19.5 Å². The lowest BCUT2D eigenvalue weighted by Gasteiger charge is -2.32. The average molecular weight is 290 g/mol. The molecule has 8 nitrogen and oxygen atoms in total. The van der Waals surface area contributed by atoms with E-state index in [9.17, 15) is 14.7 Å². The third-order valence-corrected chi connectivity index (χ3v) is 3.67. The monoisotopic (exact) mass is 290 g/mol. The Morgan fingerprint density at radius 2 is 2.24 bits per heavy atom. The van der Waals surface area contributed by atoms with Crippen molar-refractivity contribution in [2.45, 2.75) is 26.3 Å². The maximum atomic E-state index is 12.7. The number of aryl methyl sites for hydroxylation is 2. The van der Waals surface area contributed by atoms with Crippen LogP contribution >= 0.6 is 0 Å². The molecule has 0 saturated carbocycles. The zero-order valence-electron chi connectivity index (χ0n) is 11.6. The number of carboxylic acids is 1. The molecule has 2 aromatic heterocycles. The highest BCUT2D eigenvalue weighted by Crippen LogP contribution is 2.30. The van der Waals surface area contributed by atoms with Crippen molar-refractivity contribution in [2.24, 2.45) is 0 Å². The SMILES string of the molecule is Cc1noc(C)c1C(=O)N1CCc2[nH]cnc2[C@@H]1C(=O)O. The van der Waals surface area contributed by atoms with E-state index in [0.29, 0.717) is 35.7 Å². The molecule has 0 saturated heterocycles. The molecule has 2 N–H and O–H groups in total. The molecule has 0 aliphatic carbocycles. The Hall–Kier alpha value is -2.64. The van der Waals surface area contributed by atoms with Crippen LogP contribution in [0.3, 0.4) is 0 Å². The van der Waals surface area contributed by atoms with E-state index >= 15 is 0 Å². The summed E-state index contributed by atoms with van der Waals surface area (Å²) >= 11 is 0. The minimum absolute atomic E-state index is 0.301. The van der Waals surface area contributed by atoms with Gasteiger partial charge in [0.25, 0.3) is 5.91 Å². The van der Waals surface area contributed by atoms with Gasteiger partial charge in [-0.2, -0.15) is 0 Å². The normalized spacial score (nSPS) is 17.6. The Balaban J connectivity index is 2.02. The number of aromatic nitrogens is 3. The first-order chi connectivity index (χ1) is 10.0. The van der Waals surface area contributed by atoms with Crippen molar-refractivity contribution in [3.05, 3.63) is 34.7 Å². The molecule has 0 bridgehead atoms. The van der Waals surface area contributed by atoms with Crippen LogP contribution in [0.2, 0.25) is 0 Å². The minimum atomic E-state index is -1.11. The molecule has 3 heterocycles. The number of carbonyl (C=O) groups is 2. The van der Waals surface area contributed by atoms with Crippen molar-refractivity contribution in [3.63, 3.8) is 0 Å². The lowest BCUT2D eigenvalue weighted by atomic mass is 10.0. The number of hydrogen-bond donors (Lipinski definition) is 2. The summed E-state index contributed by atoms with van der Waals surface area (Å²) in [4.78, 5) is 32.5. The van der Waals surface area contributed by atoms with Crippen molar-refractivity contribution < 1.29 is 19.2 Å². The Kier molecular flexibility index (Phi) is 3.00. The first kappa shape index (κ1) is 13.3. The summed E-state index contributed by atoms with van der Waals surface area (Å²) in [6.07, 6.45) is 1.98. The summed E-state index contributed by atoms with van der Waals surface area (Å²) in [5, 5.41) is 13.2. The number of amides is 1. The molecule has 110 valence electrons. The van der Waals surface area contributed by atoms with Gasteiger partial charge in [-0.3, -0.25) is 4.79 Å². The molecule has 0 fully saturated rings. The van der Waals surface area contributed by atoms with E-state index in [4.69, 9.17) is 4.52 Å². The van der Waals surface area contributed by atoms with E-state index < -0.39 is 17.9 Å². The van der Waals surface area contributed by atoms with E-state index in [0.717, 1.165) is 5.69 Å². The van der Waals surface area contributed by atoms with Gasteiger partial charge in [0, 0.05) is 18.7 Å². The van der Waals surface area contributed by atoms with E-state index in [-0.39, 0.29) is 0 Å². The molecule has 8 heteroatoms. The van der Waals surface area contributed by atoms with E-state index in [1.54, 1.807) is 13.8 Å². The minimum Gasteiger partial charge on any atom is -0.479 e. The van der Waals surface area contributed by atoms with E-state index in [1.807, 2.05) is 0 Å². The second kappa shape index (κ2) is 4.72. The molecule has 3 rings (SSSR count). The van der Waals surface area contributed by atoms with Crippen molar-refractivity contribution in [1.82, 2.24) is 20.0 Å². The van der Waals surface area contributed by atoms with Gasteiger partial charge in [-0.1, -0.05) is 5.16 Å². The van der Waals surface area contributed by atoms with Gasteiger partial charge in [0.2, 0.25) is 0 Å². The van der Waals surface area contributed by atoms with Crippen LogP contribution in [0.4, 0.5) is 0 Å². The smallest absolute Gasteiger partial charge is 0.332 e. The Labute approximate surface area is 119 Å². The lowest BCUT2D eigenvalue weighted by molar-refractivity contribution is -0.143. The highest BCUT2D eigenvalue weighted by Gasteiger charge is 2.39. The number of fused-ring (bicyclic) bond motifs is 1. The van der Waals surface area contributed by atoms with Gasteiger partial charge in [-0.05, 0) is 13.8 Å². The highest BCUT2D eigenvalue weighted by molar-refractivity contribution is 5.98. The zero-order chi connectivity index (χ0) is 15.1. The number of hydrogen-bond acceptors (Lipinski definition) is 5. The third-order valence-electron chi connectivity index (χ3n) is 3.67. The number of carboxylic acid groups (broad SMARTS) is 1. The Morgan fingerprint density at radius 1 is 1.48 bits per heavy atom. The number of H-pyrrole nitrogens is 1. The maximum absolute atomic E-state index is 12.7. The molecule has 0 aromatic carbocycles. The fraction of sp³-hybridized carbons (Fsp3) is 0.385. The summed E-state index contributed by atoms with van der Waals surface area (Å²) in [5.74, 6) is -1.12. The van der Waals surface area contributed by atoms with Gasteiger partial charge in [0.05, 0.1) is 17.7 Å². The topological polar surface area (TPSA) is 112 Å². The van der Waals surface area contributed by atoms with E-state index in [2.05, 4.69) is 15.1 Å². The number of aliphatic carboxylic acids is 1. The quantitative estimate of drug-likeness (QED) is 0.847.